The molecule has 1 aromatic carbocycles. The van der Waals surface area contributed by atoms with Gasteiger partial charge in [0.15, 0.2) is 6.10 Å². The molecule has 2 N–H and O–H groups in total. The molecule has 1 aromatic rings. The van der Waals surface area contributed by atoms with Crippen LogP contribution in [0.5, 0.6) is 5.75 Å². The summed E-state index contributed by atoms with van der Waals surface area (Å²) in [4.78, 5) is 35.0. The van der Waals surface area contributed by atoms with Crippen LogP contribution in [0.25, 0.3) is 0 Å². The highest BCUT2D eigenvalue weighted by molar-refractivity contribution is 8.00. The minimum absolute atomic E-state index is 0.0594. The van der Waals surface area contributed by atoms with Crippen molar-refractivity contribution in [3.8, 4) is 5.75 Å². The number of urea groups is 1. The van der Waals surface area contributed by atoms with Crippen LogP contribution in [0, 0.1) is 0 Å². The Morgan fingerprint density at radius 3 is 2.41 bits per heavy atom. The Kier molecular flexibility index (Phi) is 7.24. The number of hydrogen-bond acceptors (Lipinski definition) is 6. The van der Waals surface area contributed by atoms with E-state index in [2.05, 4.69) is 5.32 Å². The first kappa shape index (κ1) is 17.8. The lowest BCUT2D eigenvalue weighted by atomic mass is 10.3. The molecule has 0 aliphatic rings. The maximum absolute atomic E-state index is 11.7. The summed E-state index contributed by atoms with van der Waals surface area (Å²) in [6, 6.07) is 6.55. The lowest BCUT2D eigenvalue weighted by molar-refractivity contribution is -0.151. The molecule has 8 heteroatoms. The molecule has 0 saturated carbocycles. The molecule has 0 saturated heterocycles. The molecule has 0 aliphatic carbocycles. The smallest absolute Gasteiger partial charge is 0.321 e. The van der Waals surface area contributed by atoms with E-state index in [1.807, 2.05) is 17.4 Å². The van der Waals surface area contributed by atoms with Crippen LogP contribution in [0.4, 0.5) is 4.79 Å². The van der Waals surface area contributed by atoms with Crippen LogP contribution in [-0.2, 0) is 14.3 Å². The van der Waals surface area contributed by atoms with Crippen molar-refractivity contribution in [3.63, 3.8) is 0 Å². The normalized spacial score (nSPS) is 11.2. The molecule has 0 spiro atoms. The summed E-state index contributed by atoms with van der Waals surface area (Å²) in [6.45, 7) is 1.40. The summed E-state index contributed by atoms with van der Waals surface area (Å²) in [5.41, 5.74) is 0. The van der Waals surface area contributed by atoms with Crippen molar-refractivity contribution in [1.82, 2.24) is 10.6 Å². The van der Waals surface area contributed by atoms with E-state index in [9.17, 15) is 14.4 Å². The molecule has 120 valence electrons. The first-order valence-corrected chi connectivity index (χ1v) is 7.43. The van der Waals surface area contributed by atoms with Gasteiger partial charge in [-0.05, 0) is 31.2 Å². The van der Waals surface area contributed by atoms with Crippen molar-refractivity contribution in [2.24, 2.45) is 0 Å². The van der Waals surface area contributed by atoms with E-state index in [4.69, 9.17) is 9.47 Å². The monoisotopic (exact) mass is 326 g/mol. The third-order valence-electron chi connectivity index (χ3n) is 2.56. The summed E-state index contributed by atoms with van der Waals surface area (Å²) in [7, 11) is 2.95. The molecule has 0 fully saturated rings. The molecule has 7 nitrogen and oxygen atoms in total. The fraction of sp³-hybridized carbons (Fsp3) is 0.357. The van der Waals surface area contributed by atoms with Gasteiger partial charge < -0.3 is 14.8 Å². The molecule has 3 amide bonds. The van der Waals surface area contributed by atoms with Gasteiger partial charge in [-0.15, -0.1) is 11.8 Å². The van der Waals surface area contributed by atoms with E-state index in [-0.39, 0.29) is 5.75 Å². The standard InChI is InChI=1S/C14H18N2O5S/c1-9(13(18)16-14(19)15-2)21-12(17)8-22-11-6-4-10(20-3)5-7-11/h4-7,9H,8H2,1-3H3,(H2,15,16,18,19)/t9-/m1/s1. The van der Waals surface area contributed by atoms with Crippen molar-refractivity contribution in [1.29, 1.82) is 0 Å². The van der Waals surface area contributed by atoms with Crippen molar-refractivity contribution in [2.75, 3.05) is 19.9 Å². The largest absolute Gasteiger partial charge is 0.497 e. The number of rotatable bonds is 6. The summed E-state index contributed by atoms with van der Waals surface area (Å²) in [5.74, 6) is -0.432. The van der Waals surface area contributed by atoms with Crippen molar-refractivity contribution in [2.45, 2.75) is 17.9 Å². The zero-order valence-corrected chi connectivity index (χ0v) is 13.4. The minimum atomic E-state index is -1.04. The van der Waals surface area contributed by atoms with E-state index in [0.717, 1.165) is 10.6 Å². The first-order chi connectivity index (χ1) is 10.5. The Morgan fingerprint density at radius 1 is 1.23 bits per heavy atom. The number of amides is 3. The second-order valence-electron chi connectivity index (χ2n) is 4.16. The van der Waals surface area contributed by atoms with Crippen LogP contribution in [0.1, 0.15) is 6.92 Å². The summed E-state index contributed by atoms with van der Waals surface area (Å²) < 4.78 is 9.98. The van der Waals surface area contributed by atoms with Gasteiger partial charge in [-0.25, -0.2) is 4.79 Å². The minimum Gasteiger partial charge on any atom is -0.497 e. The zero-order chi connectivity index (χ0) is 16.5. The predicted molar refractivity (Wildman–Crippen MR) is 81.9 cm³/mol. The van der Waals surface area contributed by atoms with Gasteiger partial charge in [0.05, 0.1) is 12.9 Å². The number of nitrogens with one attached hydrogen (secondary N) is 2. The maximum Gasteiger partial charge on any atom is 0.321 e. The van der Waals surface area contributed by atoms with Gasteiger partial charge in [-0.3, -0.25) is 14.9 Å². The third kappa shape index (κ3) is 6.04. The Balaban J connectivity index is 2.38. The van der Waals surface area contributed by atoms with Gasteiger partial charge >= 0.3 is 12.0 Å². The first-order valence-electron chi connectivity index (χ1n) is 6.45. The molecule has 0 aliphatic heterocycles. The average molecular weight is 326 g/mol. The number of benzene rings is 1. The van der Waals surface area contributed by atoms with Gasteiger partial charge in [-0.1, -0.05) is 0 Å². The Hall–Kier alpha value is -2.22. The van der Waals surface area contributed by atoms with Crippen molar-refractivity contribution < 1.29 is 23.9 Å². The topological polar surface area (TPSA) is 93.7 Å². The number of esters is 1. The SMILES string of the molecule is CNC(=O)NC(=O)[C@@H](C)OC(=O)CSc1ccc(OC)cc1. The number of carbonyl (C=O) groups excluding carboxylic acids is 3. The fourth-order valence-electron chi connectivity index (χ4n) is 1.37. The van der Waals surface area contributed by atoms with E-state index < -0.39 is 24.0 Å². The molecule has 0 unspecified atom stereocenters. The molecule has 0 heterocycles. The van der Waals surface area contributed by atoms with E-state index in [1.165, 1.54) is 25.7 Å². The predicted octanol–water partition coefficient (Wildman–Crippen LogP) is 1.17. The molecule has 1 rings (SSSR count). The van der Waals surface area contributed by atoms with Crippen LogP contribution in [0.2, 0.25) is 0 Å². The highest BCUT2D eigenvalue weighted by Crippen LogP contribution is 2.21. The molecule has 1 atom stereocenters. The number of hydrogen-bond donors (Lipinski definition) is 2. The third-order valence-corrected chi connectivity index (χ3v) is 3.54. The fourth-order valence-corrected chi connectivity index (χ4v) is 2.06. The van der Waals surface area contributed by atoms with Crippen LogP contribution >= 0.6 is 11.8 Å². The van der Waals surface area contributed by atoms with Gasteiger partial charge in [0.25, 0.3) is 5.91 Å². The van der Waals surface area contributed by atoms with E-state index >= 15 is 0 Å². The summed E-state index contributed by atoms with van der Waals surface area (Å²) >= 11 is 1.28. The molecular weight excluding hydrogens is 308 g/mol. The maximum atomic E-state index is 11.7. The lowest BCUT2D eigenvalue weighted by Crippen LogP contribution is -2.43. The number of imide groups is 1. The quantitative estimate of drug-likeness (QED) is 0.602. The second-order valence-corrected chi connectivity index (χ2v) is 5.21. The number of thioether (sulfide) groups is 1. The zero-order valence-electron chi connectivity index (χ0n) is 12.5. The molecular formula is C14H18N2O5S. The van der Waals surface area contributed by atoms with Crippen molar-refractivity contribution in [3.05, 3.63) is 24.3 Å². The highest BCUT2D eigenvalue weighted by atomic mass is 32.2. The second kappa shape index (κ2) is 8.93. The highest BCUT2D eigenvalue weighted by Gasteiger charge is 2.19. The average Bonchev–Trinajstić information content (AvgIpc) is 2.53. The Morgan fingerprint density at radius 2 is 1.86 bits per heavy atom. The van der Waals surface area contributed by atoms with E-state index in [0.29, 0.717) is 0 Å². The lowest BCUT2D eigenvalue weighted by Gasteiger charge is -2.12. The summed E-state index contributed by atoms with van der Waals surface area (Å²) in [6.07, 6.45) is -1.04. The van der Waals surface area contributed by atoms with E-state index in [1.54, 1.807) is 19.2 Å². The molecule has 0 aromatic heterocycles. The van der Waals surface area contributed by atoms with Gasteiger partial charge in [0, 0.05) is 11.9 Å². The van der Waals surface area contributed by atoms with Gasteiger partial charge in [0.2, 0.25) is 0 Å². The van der Waals surface area contributed by atoms with Crippen LogP contribution in [-0.4, -0.2) is 43.9 Å². The van der Waals surface area contributed by atoms with Crippen LogP contribution in [0.3, 0.4) is 0 Å². The van der Waals surface area contributed by atoms with Crippen LogP contribution in [0.15, 0.2) is 29.2 Å². The van der Waals surface area contributed by atoms with Crippen molar-refractivity contribution >= 4 is 29.7 Å². The van der Waals surface area contributed by atoms with Gasteiger partial charge in [0.1, 0.15) is 5.75 Å². The summed E-state index contributed by atoms with van der Waals surface area (Å²) in [5, 5.41) is 4.27. The molecule has 0 bridgehead atoms. The number of ether oxygens (including phenoxy) is 2. The Bertz CT molecular complexity index is 533. The number of methoxy groups -OCH3 is 1. The number of carbonyl (C=O) groups is 3. The molecule has 0 radical (unpaired) electrons. The van der Waals surface area contributed by atoms with Crippen LogP contribution < -0.4 is 15.4 Å². The van der Waals surface area contributed by atoms with Gasteiger partial charge in [-0.2, -0.15) is 0 Å². The molecule has 22 heavy (non-hydrogen) atoms. The Labute approximate surface area is 132 Å².